The Bertz CT molecular complexity index is 1710. The van der Waals surface area contributed by atoms with Crippen LogP contribution in [0.15, 0.2) is 78.9 Å². The Hall–Kier alpha value is -4.70. The van der Waals surface area contributed by atoms with Gasteiger partial charge in [0.25, 0.3) is 0 Å². The molecule has 0 amide bonds. The Morgan fingerprint density at radius 1 is 0.465 bits per heavy atom. The van der Waals surface area contributed by atoms with Crippen LogP contribution in [0.4, 0.5) is 0 Å². The van der Waals surface area contributed by atoms with Crippen LogP contribution in [0, 0.1) is 55.4 Å². The molecule has 0 fully saturated rings. The van der Waals surface area contributed by atoms with Gasteiger partial charge in [-0.1, -0.05) is 30.3 Å². The summed E-state index contributed by atoms with van der Waals surface area (Å²) in [6.07, 6.45) is 0. The van der Waals surface area contributed by atoms with Crippen molar-refractivity contribution < 1.29 is 19.3 Å². The van der Waals surface area contributed by atoms with Crippen molar-refractivity contribution in [2.75, 3.05) is 0 Å². The molecule has 0 saturated carbocycles. The van der Waals surface area contributed by atoms with Crippen LogP contribution in [-0.4, -0.2) is 5.11 Å². The Kier molecular flexibility index (Phi) is 8.50. The Balaban J connectivity index is 1.36. The van der Waals surface area contributed by atoms with Gasteiger partial charge >= 0.3 is 0 Å². The standard InChI is InChI=1S/C39H40O4/c1-23-18-34(19-24(2)36(23)40)42-38-25(3)14-32(15-26(38)4)33-16-27(5)39(28(6)17-33)43-35-20-29(7)37(30(8)21-35)41-22-31-12-10-9-11-13-31/h9-21,40H,22H2,1-8H3. The number of aryl methyl sites for hydroxylation is 8. The molecule has 0 radical (unpaired) electrons. The Morgan fingerprint density at radius 2 is 0.837 bits per heavy atom. The van der Waals surface area contributed by atoms with Crippen molar-refractivity contribution in [3.05, 3.63) is 129 Å². The monoisotopic (exact) mass is 572 g/mol. The predicted molar refractivity (Wildman–Crippen MR) is 175 cm³/mol. The highest BCUT2D eigenvalue weighted by molar-refractivity contribution is 5.71. The fourth-order valence-electron chi connectivity index (χ4n) is 5.69. The molecule has 5 rings (SSSR count). The molecule has 0 aliphatic rings. The molecule has 0 spiro atoms. The lowest BCUT2D eigenvalue weighted by molar-refractivity contribution is 0.301. The van der Waals surface area contributed by atoms with Crippen LogP contribution < -0.4 is 14.2 Å². The molecule has 0 aliphatic heterocycles. The first-order chi connectivity index (χ1) is 20.5. The molecule has 0 heterocycles. The van der Waals surface area contributed by atoms with Crippen molar-refractivity contribution in [3.63, 3.8) is 0 Å². The number of hydrogen-bond donors (Lipinski definition) is 1. The van der Waals surface area contributed by atoms with Gasteiger partial charge < -0.3 is 19.3 Å². The lowest BCUT2D eigenvalue weighted by Gasteiger charge is -2.18. The quantitative estimate of drug-likeness (QED) is 0.201. The van der Waals surface area contributed by atoms with Gasteiger partial charge in [0.2, 0.25) is 0 Å². The minimum Gasteiger partial charge on any atom is -0.507 e. The van der Waals surface area contributed by atoms with E-state index in [-0.39, 0.29) is 0 Å². The fourth-order valence-corrected chi connectivity index (χ4v) is 5.69. The van der Waals surface area contributed by atoms with Crippen LogP contribution in [0.2, 0.25) is 0 Å². The molecule has 4 heteroatoms. The zero-order valence-corrected chi connectivity index (χ0v) is 26.4. The molecular weight excluding hydrogens is 532 g/mol. The summed E-state index contributed by atoms with van der Waals surface area (Å²) in [5, 5.41) is 10.1. The highest BCUT2D eigenvalue weighted by Crippen LogP contribution is 2.39. The molecule has 0 bridgehead atoms. The number of rotatable bonds is 8. The summed E-state index contributed by atoms with van der Waals surface area (Å²) >= 11 is 0. The van der Waals surface area contributed by atoms with Gasteiger partial charge in [-0.15, -0.1) is 0 Å². The summed E-state index contributed by atoms with van der Waals surface area (Å²) in [5.41, 5.74) is 11.3. The third-order valence-electron chi connectivity index (χ3n) is 7.82. The summed E-state index contributed by atoms with van der Waals surface area (Å²) in [5.74, 6) is 4.43. The number of ether oxygens (including phenoxy) is 3. The van der Waals surface area contributed by atoms with Gasteiger partial charge in [0.15, 0.2) is 0 Å². The zero-order chi connectivity index (χ0) is 30.8. The number of hydrogen-bond acceptors (Lipinski definition) is 4. The van der Waals surface area contributed by atoms with Crippen LogP contribution in [0.5, 0.6) is 34.5 Å². The van der Waals surface area contributed by atoms with E-state index in [0.717, 1.165) is 89.9 Å². The minimum absolute atomic E-state index is 0.310. The molecule has 43 heavy (non-hydrogen) atoms. The van der Waals surface area contributed by atoms with Crippen molar-refractivity contribution in [2.24, 2.45) is 0 Å². The van der Waals surface area contributed by atoms with E-state index in [2.05, 4.69) is 77.9 Å². The number of phenolic OH excluding ortho intramolecular Hbond substituents is 1. The Morgan fingerprint density at radius 3 is 1.26 bits per heavy atom. The van der Waals surface area contributed by atoms with Gasteiger partial charge in [-0.25, -0.2) is 0 Å². The second-order valence-electron chi connectivity index (χ2n) is 11.6. The van der Waals surface area contributed by atoms with Crippen molar-refractivity contribution in [2.45, 2.75) is 62.0 Å². The van der Waals surface area contributed by atoms with Crippen LogP contribution >= 0.6 is 0 Å². The van der Waals surface area contributed by atoms with Crippen molar-refractivity contribution in [3.8, 4) is 45.6 Å². The van der Waals surface area contributed by atoms with E-state index in [9.17, 15) is 5.11 Å². The van der Waals surface area contributed by atoms with E-state index in [1.165, 1.54) is 0 Å². The topological polar surface area (TPSA) is 47.9 Å². The molecule has 0 aliphatic carbocycles. The van der Waals surface area contributed by atoms with E-state index in [1.54, 1.807) is 0 Å². The summed E-state index contributed by atoms with van der Waals surface area (Å²) in [7, 11) is 0. The van der Waals surface area contributed by atoms with Gasteiger partial charge in [-0.3, -0.25) is 0 Å². The van der Waals surface area contributed by atoms with Crippen molar-refractivity contribution in [1.29, 1.82) is 0 Å². The maximum absolute atomic E-state index is 10.1. The van der Waals surface area contributed by atoms with E-state index in [1.807, 2.05) is 56.3 Å². The fraction of sp³-hybridized carbons (Fsp3) is 0.231. The van der Waals surface area contributed by atoms with Gasteiger partial charge in [-0.2, -0.15) is 0 Å². The van der Waals surface area contributed by atoms with Gasteiger partial charge in [0.1, 0.15) is 41.1 Å². The molecule has 1 N–H and O–H groups in total. The van der Waals surface area contributed by atoms with Crippen molar-refractivity contribution in [1.82, 2.24) is 0 Å². The van der Waals surface area contributed by atoms with Crippen LogP contribution in [0.3, 0.4) is 0 Å². The van der Waals surface area contributed by atoms with Crippen molar-refractivity contribution >= 4 is 0 Å². The molecule has 4 nitrogen and oxygen atoms in total. The zero-order valence-electron chi connectivity index (χ0n) is 26.4. The SMILES string of the molecule is Cc1cc(Oc2c(C)cc(-c3cc(C)c(Oc4cc(C)c(OCc5ccccc5)c(C)c4)c(C)c3)cc2C)cc(C)c1O. The van der Waals surface area contributed by atoms with Crippen LogP contribution in [-0.2, 0) is 6.61 Å². The number of phenols is 1. The third-order valence-corrected chi connectivity index (χ3v) is 7.82. The largest absolute Gasteiger partial charge is 0.507 e. The molecule has 5 aromatic rings. The maximum Gasteiger partial charge on any atom is 0.133 e. The first-order valence-electron chi connectivity index (χ1n) is 14.7. The lowest BCUT2D eigenvalue weighted by atomic mass is 9.96. The second kappa shape index (κ2) is 12.3. The summed E-state index contributed by atoms with van der Waals surface area (Å²) < 4.78 is 19.0. The number of benzene rings is 5. The van der Waals surface area contributed by atoms with Gasteiger partial charge in [0.05, 0.1) is 0 Å². The molecule has 0 aromatic heterocycles. The summed E-state index contributed by atoms with van der Waals surface area (Å²) in [6.45, 7) is 16.7. The molecule has 5 aromatic carbocycles. The average Bonchev–Trinajstić information content (AvgIpc) is 2.95. The predicted octanol–water partition coefficient (Wildman–Crippen LogP) is 10.7. The van der Waals surface area contributed by atoms with Crippen LogP contribution in [0.1, 0.15) is 50.1 Å². The molecule has 0 unspecified atom stereocenters. The normalized spacial score (nSPS) is 11.0. The van der Waals surface area contributed by atoms with Gasteiger partial charge in [0, 0.05) is 0 Å². The number of aromatic hydroxyl groups is 1. The summed E-state index contributed by atoms with van der Waals surface area (Å²) in [6, 6.07) is 26.7. The van der Waals surface area contributed by atoms with E-state index in [0.29, 0.717) is 12.4 Å². The second-order valence-corrected chi connectivity index (χ2v) is 11.6. The van der Waals surface area contributed by atoms with E-state index in [4.69, 9.17) is 14.2 Å². The Labute approximate surface area is 255 Å². The highest BCUT2D eigenvalue weighted by Gasteiger charge is 2.15. The third kappa shape index (κ3) is 6.54. The molecule has 220 valence electrons. The van der Waals surface area contributed by atoms with Gasteiger partial charge in [-0.05, 0) is 165 Å². The molecular formula is C39H40O4. The molecule has 0 atom stereocenters. The molecule has 0 saturated heterocycles. The first-order valence-corrected chi connectivity index (χ1v) is 14.7. The minimum atomic E-state index is 0.310. The maximum atomic E-state index is 10.1. The van der Waals surface area contributed by atoms with E-state index >= 15 is 0 Å². The first kappa shape index (κ1) is 29.8. The summed E-state index contributed by atoms with van der Waals surface area (Å²) in [4.78, 5) is 0. The van der Waals surface area contributed by atoms with Crippen LogP contribution in [0.25, 0.3) is 11.1 Å². The highest BCUT2D eigenvalue weighted by atomic mass is 16.5. The average molecular weight is 573 g/mol. The lowest BCUT2D eigenvalue weighted by Crippen LogP contribution is -2.00. The van der Waals surface area contributed by atoms with E-state index < -0.39 is 0 Å². The smallest absolute Gasteiger partial charge is 0.133 e.